The third kappa shape index (κ3) is 2.23. The van der Waals surface area contributed by atoms with E-state index in [1.165, 1.54) is 5.56 Å². The zero-order valence-corrected chi connectivity index (χ0v) is 12.9. The fraction of sp³-hybridized carbons (Fsp3) is 0.111. The number of halogens is 1. The van der Waals surface area contributed by atoms with Gasteiger partial charge in [-0.1, -0.05) is 41.9 Å². The molecule has 0 spiro atoms. The lowest BCUT2D eigenvalue weighted by atomic mass is 10.0. The molecule has 4 nitrogen and oxygen atoms in total. The Morgan fingerprint density at radius 2 is 1.83 bits per heavy atom. The molecule has 0 unspecified atom stereocenters. The van der Waals surface area contributed by atoms with Crippen LogP contribution in [-0.2, 0) is 16.0 Å². The van der Waals surface area contributed by atoms with Gasteiger partial charge in [0.2, 0.25) is 0 Å². The van der Waals surface area contributed by atoms with E-state index in [0.29, 0.717) is 28.4 Å². The Labute approximate surface area is 138 Å². The molecular weight excluding hydrogens is 312 g/mol. The van der Waals surface area contributed by atoms with E-state index in [0.717, 1.165) is 12.1 Å². The Kier molecular flexibility index (Phi) is 3.20. The highest BCUT2D eigenvalue weighted by atomic mass is 35.5. The summed E-state index contributed by atoms with van der Waals surface area (Å²) >= 11 is 6.04. The minimum Gasteiger partial charge on any atom is -0.336 e. The monoisotopic (exact) mass is 324 g/mol. The molecule has 2 aliphatic heterocycles. The van der Waals surface area contributed by atoms with E-state index >= 15 is 0 Å². The summed E-state index contributed by atoms with van der Waals surface area (Å²) < 4.78 is 0. The number of hydrogen-bond acceptors (Lipinski definition) is 3. The molecule has 1 N–H and O–H groups in total. The molecule has 0 aromatic heterocycles. The van der Waals surface area contributed by atoms with Gasteiger partial charge in [-0.3, -0.25) is 14.9 Å². The maximum absolute atomic E-state index is 12.4. The van der Waals surface area contributed by atoms with Crippen LogP contribution in [0.2, 0.25) is 5.02 Å². The highest BCUT2D eigenvalue weighted by molar-refractivity contribution is 6.37. The minimum absolute atomic E-state index is 0.360. The Morgan fingerprint density at radius 1 is 1.00 bits per heavy atom. The lowest BCUT2D eigenvalue weighted by Crippen LogP contribution is -2.29. The number of anilines is 1. The van der Waals surface area contributed by atoms with Crippen molar-refractivity contribution in [2.45, 2.75) is 6.42 Å². The summed E-state index contributed by atoms with van der Waals surface area (Å²) in [6.07, 6.45) is 0.851. The number of carbonyl (C=O) groups is 2. The minimum atomic E-state index is -0.378. The topological polar surface area (TPSA) is 49.4 Å². The van der Waals surface area contributed by atoms with Crippen molar-refractivity contribution in [2.75, 3.05) is 11.4 Å². The van der Waals surface area contributed by atoms with Gasteiger partial charge in [0.25, 0.3) is 11.8 Å². The first-order valence-electron chi connectivity index (χ1n) is 7.36. The SMILES string of the molecule is O=C1NC(=O)C(N2CCc3ccccc32)=C1c1cccc(Cl)c1. The summed E-state index contributed by atoms with van der Waals surface area (Å²) in [5, 5.41) is 2.94. The molecule has 5 heteroatoms. The molecular formula is C18H13ClN2O2. The summed E-state index contributed by atoms with van der Waals surface area (Å²) in [5.41, 5.74) is 3.60. The zero-order valence-electron chi connectivity index (χ0n) is 12.2. The molecule has 0 bridgehead atoms. The number of carbonyl (C=O) groups excluding carboxylic acids is 2. The van der Waals surface area contributed by atoms with Gasteiger partial charge in [-0.25, -0.2) is 0 Å². The zero-order chi connectivity index (χ0) is 16.0. The second-order valence-corrected chi connectivity index (χ2v) is 5.98. The predicted octanol–water partition coefficient (Wildman–Crippen LogP) is 2.77. The average Bonchev–Trinajstić information content (AvgIpc) is 3.07. The molecule has 2 amide bonds. The van der Waals surface area contributed by atoms with Gasteiger partial charge in [-0.2, -0.15) is 0 Å². The fourth-order valence-electron chi connectivity index (χ4n) is 3.19. The van der Waals surface area contributed by atoms with Gasteiger partial charge in [-0.15, -0.1) is 0 Å². The van der Waals surface area contributed by atoms with Crippen molar-refractivity contribution < 1.29 is 9.59 Å². The number of hydrogen-bond donors (Lipinski definition) is 1. The molecule has 2 heterocycles. The van der Waals surface area contributed by atoms with E-state index in [1.807, 2.05) is 29.2 Å². The van der Waals surface area contributed by atoms with Gasteiger partial charge in [-0.05, 0) is 35.7 Å². The van der Waals surface area contributed by atoms with Crippen LogP contribution in [0.15, 0.2) is 54.2 Å². The first kappa shape index (κ1) is 14.0. The molecule has 0 radical (unpaired) electrons. The molecule has 2 aromatic rings. The van der Waals surface area contributed by atoms with Crippen LogP contribution >= 0.6 is 11.6 Å². The third-order valence-electron chi connectivity index (χ3n) is 4.18. The normalized spacial score (nSPS) is 16.8. The molecule has 23 heavy (non-hydrogen) atoms. The standard InChI is InChI=1S/C18H13ClN2O2/c19-13-6-3-5-12(10-13)15-16(18(23)20-17(15)22)21-9-8-11-4-1-2-7-14(11)21/h1-7,10H,8-9H2,(H,20,22,23). The van der Waals surface area contributed by atoms with E-state index in [4.69, 9.17) is 11.6 Å². The van der Waals surface area contributed by atoms with Gasteiger partial charge in [0.1, 0.15) is 5.70 Å². The molecule has 2 aliphatic rings. The molecule has 0 atom stereocenters. The van der Waals surface area contributed by atoms with E-state index in [2.05, 4.69) is 5.32 Å². The Bertz CT molecular complexity index is 873. The van der Waals surface area contributed by atoms with Crippen molar-refractivity contribution in [3.8, 4) is 0 Å². The van der Waals surface area contributed by atoms with Crippen LogP contribution < -0.4 is 10.2 Å². The number of nitrogens with one attached hydrogen (secondary N) is 1. The maximum Gasteiger partial charge on any atom is 0.275 e. The van der Waals surface area contributed by atoms with Crippen LogP contribution in [0.5, 0.6) is 0 Å². The summed E-state index contributed by atoms with van der Waals surface area (Å²) in [7, 11) is 0. The summed E-state index contributed by atoms with van der Waals surface area (Å²) in [5.74, 6) is -0.738. The fourth-order valence-corrected chi connectivity index (χ4v) is 3.38. The first-order chi connectivity index (χ1) is 11.1. The number of para-hydroxylation sites is 1. The predicted molar refractivity (Wildman–Crippen MR) is 89.0 cm³/mol. The van der Waals surface area contributed by atoms with Gasteiger partial charge >= 0.3 is 0 Å². The van der Waals surface area contributed by atoms with Crippen molar-refractivity contribution in [3.63, 3.8) is 0 Å². The highest BCUT2D eigenvalue weighted by Crippen LogP contribution is 2.36. The summed E-state index contributed by atoms with van der Waals surface area (Å²) in [6, 6.07) is 14.9. The van der Waals surface area contributed by atoms with Crippen LogP contribution in [0.25, 0.3) is 5.57 Å². The number of rotatable bonds is 2. The van der Waals surface area contributed by atoms with Crippen molar-refractivity contribution in [3.05, 3.63) is 70.4 Å². The van der Waals surface area contributed by atoms with Crippen molar-refractivity contribution in [1.29, 1.82) is 0 Å². The number of fused-ring (bicyclic) bond motifs is 1. The lowest BCUT2D eigenvalue weighted by molar-refractivity contribution is -0.123. The summed E-state index contributed by atoms with van der Waals surface area (Å²) in [6.45, 7) is 0.680. The Hall–Kier alpha value is -2.59. The Morgan fingerprint density at radius 3 is 2.65 bits per heavy atom. The molecule has 0 fully saturated rings. The lowest BCUT2D eigenvalue weighted by Gasteiger charge is -2.20. The van der Waals surface area contributed by atoms with E-state index in [-0.39, 0.29) is 11.8 Å². The van der Waals surface area contributed by atoms with E-state index in [1.54, 1.807) is 24.3 Å². The van der Waals surface area contributed by atoms with Crippen LogP contribution in [0, 0.1) is 0 Å². The second-order valence-electron chi connectivity index (χ2n) is 5.55. The van der Waals surface area contributed by atoms with Gasteiger partial charge < -0.3 is 4.90 Å². The van der Waals surface area contributed by atoms with Gasteiger partial charge in [0.15, 0.2) is 0 Å². The van der Waals surface area contributed by atoms with Gasteiger partial charge in [0, 0.05) is 17.3 Å². The van der Waals surface area contributed by atoms with Crippen LogP contribution in [-0.4, -0.2) is 18.4 Å². The first-order valence-corrected chi connectivity index (χ1v) is 7.74. The third-order valence-corrected chi connectivity index (χ3v) is 4.41. The molecule has 0 saturated heterocycles. The van der Waals surface area contributed by atoms with Crippen molar-refractivity contribution >= 4 is 34.7 Å². The summed E-state index contributed by atoms with van der Waals surface area (Å²) in [4.78, 5) is 26.6. The van der Waals surface area contributed by atoms with E-state index in [9.17, 15) is 9.59 Å². The molecule has 2 aromatic carbocycles. The Balaban J connectivity index is 1.90. The maximum atomic E-state index is 12.4. The van der Waals surface area contributed by atoms with Crippen LogP contribution in [0.4, 0.5) is 5.69 Å². The highest BCUT2D eigenvalue weighted by Gasteiger charge is 2.37. The number of benzene rings is 2. The molecule has 114 valence electrons. The smallest absolute Gasteiger partial charge is 0.275 e. The average molecular weight is 325 g/mol. The van der Waals surface area contributed by atoms with E-state index < -0.39 is 0 Å². The number of imide groups is 1. The largest absolute Gasteiger partial charge is 0.336 e. The molecule has 0 saturated carbocycles. The van der Waals surface area contributed by atoms with Crippen LogP contribution in [0.1, 0.15) is 11.1 Å². The van der Waals surface area contributed by atoms with Gasteiger partial charge in [0.05, 0.1) is 5.57 Å². The van der Waals surface area contributed by atoms with Crippen molar-refractivity contribution in [1.82, 2.24) is 5.32 Å². The quantitative estimate of drug-likeness (QED) is 0.864. The van der Waals surface area contributed by atoms with Crippen molar-refractivity contribution in [2.24, 2.45) is 0 Å². The number of nitrogens with zero attached hydrogens (tertiary/aromatic N) is 1. The molecule has 4 rings (SSSR count). The number of amides is 2. The second kappa shape index (κ2) is 5.25. The van der Waals surface area contributed by atoms with Crippen LogP contribution in [0.3, 0.4) is 0 Å². The molecule has 0 aliphatic carbocycles.